The lowest BCUT2D eigenvalue weighted by molar-refractivity contribution is 0.0691. The number of aromatic nitrogens is 1. The molecule has 2 aromatic heterocycles. The SMILES string of the molecule is CC(CCc1ccco1)Nc1cccnc1C(=O)O. The van der Waals surface area contributed by atoms with Gasteiger partial charge in [-0.15, -0.1) is 0 Å². The van der Waals surface area contributed by atoms with Crippen molar-refractivity contribution in [3.8, 4) is 0 Å². The Hall–Kier alpha value is -2.30. The van der Waals surface area contributed by atoms with Crippen LogP contribution in [0.3, 0.4) is 0 Å². The number of nitrogens with one attached hydrogen (secondary N) is 1. The van der Waals surface area contributed by atoms with Gasteiger partial charge in [-0.05, 0) is 37.6 Å². The molecule has 0 aromatic carbocycles. The molecule has 0 spiro atoms. The van der Waals surface area contributed by atoms with Gasteiger partial charge in [-0.25, -0.2) is 9.78 Å². The van der Waals surface area contributed by atoms with Crippen LogP contribution < -0.4 is 5.32 Å². The van der Waals surface area contributed by atoms with Crippen LogP contribution in [0.5, 0.6) is 0 Å². The summed E-state index contributed by atoms with van der Waals surface area (Å²) in [6.45, 7) is 2.00. The predicted molar refractivity (Wildman–Crippen MR) is 71.3 cm³/mol. The maximum atomic E-state index is 11.0. The van der Waals surface area contributed by atoms with E-state index in [0.717, 1.165) is 18.6 Å². The molecule has 5 heteroatoms. The number of hydrogen-bond donors (Lipinski definition) is 2. The quantitative estimate of drug-likeness (QED) is 0.835. The Labute approximate surface area is 111 Å². The molecule has 2 N–H and O–H groups in total. The van der Waals surface area contributed by atoms with Crippen molar-refractivity contribution in [3.63, 3.8) is 0 Å². The first kappa shape index (κ1) is 13.1. The summed E-state index contributed by atoms with van der Waals surface area (Å²) in [5.41, 5.74) is 0.592. The van der Waals surface area contributed by atoms with Gasteiger partial charge in [0.2, 0.25) is 0 Å². The smallest absolute Gasteiger partial charge is 0.356 e. The Morgan fingerprint density at radius 3 is 3.00 bits per heavy atom. The zero-order chi connectivity index (χ0) is 13.7. The highest BCUT2D eigenvalue weighted by Gasteiger charge is 2.13. The third-order valence-electron chi connectivity index (χ3n) is 2.82. The molecule has 19 heavy (non-hydrogen) atoms. The third-order valence-corrected chi connectivity index (χ3v) is 2.82. The van der Waals surface area contributed by atoms with E-state index in [1.165, 1.54) is 6.20 Å². The van der Waals surface area contributed by atoms with Gasteiger partial charge in [-0.3, -0.25) is 0 Å². The summed E-state index contributed by atoms with van der Waals surface area (Å²) in [5, 5.41) is 12.2. The Bertz CT molecular complexity index is 537. The Morgan fingerprint density at radius 2 is 2.32 bits per heavy atom. The summed E-state index contributed by atoms with van der Waals surface area (Å²) in [6, 6.07) is 7.36. The molecule has 0 fully saturated rings. The minimum atomic E-state index is -1.03. The van der Waals surface area contributed by atoms with E-state index in [4.69, 9.17) is 9.52 Å². The summed E-state index contributed by atoms with van der Waals surface area (Å²) in [5.74, 6) is -0.0976. The molecule has 0 amide bonds. The average molecular weight is 260 g/mol. The lowest BCUT2D eigenvalue weighted by Crippen LogP contribution is -2.18. The van der Waals surface area contributed by atoms with E-state index < -0.39 is 5.97 Å². The van der Waals surface area contributed by atoms with E-state index in [0.29, 0.717) is 5.69 Å². The summed E-state index contributed by atoms with van der Waals surface area (Å²) in [7, 11) is 0. The van der Waals surface area contributed by atoms with Crippen molar-refractivity contribution in [2.75, 3.05) is 5.32 Å². The average Bonchev–Trinajstić information content (AvgIpc) is 2.90. The number of carboxylic acids is 1. The molecular formula is C14H16N2O3. The van der Waals surface area contributed by atoms with Gasteiger partial charge in [0.15, 0.2) is 5.69 Å². The molecule has 0 aliphatic carbocycles. The fourth-order valence-corrected chi connectivity index (χ4v) is 1.84. The first-order valence-corrected chi connectivity index (χ1v) is 6.14. The molecule has 0 saturated heterocycles. The van der Waals surface area contributed by atoms with Crippen molar-refractivity contribution < 1.29 is 14.3 Å². The largest absolute Gasteiger partial charge is 0.476 e. The first-order valence-electron chi connectivity index (χ1n) is 6.14. The number of hydrogen-bond acceptors (Lipinski definition) is 4. The number of aryl methyl sites for hydroxylation is 1. The number of anilines is 1. The molecule has 0 aliphatic heterocycles. The monoisotopic (exact) mass is 260 g/mol. The van der Waals surface area contributed by atoms with Gasteiger partial charge in [-0.1, -0.05) is 0 Å². The van der Waals surface area contributed by atoms with Crippen LogP contribution in [0.2, 0.25) is 0 Å². The summed E-state index contributed by atoms with van der Waals surface area (Å²) < 4.78 is 5.26. The van der Waals surface area contributed by atoms with Crippen molar-refractivity contribution in [3.05, 3.63) is 48.2 Å². The van der Waals surface area contributed by atoms with Crippen LogP contribution >= 0.6 is 0 Å². The zero-order valence-electron chi connectivity index (χ0n) is 10.7. The number of carbonyl (C=O) groups is 1. The lowest BCUT2D eigenvalue weighted by atomic mass is 10.1. The van der Waals surface area contributed by atoms with E-state index >= 15 is 0 Å². The van der Waals surface area contributed by atoms with E-state index in [1.54, 1.807) is 18.4 Å². The second-order valence-corrected chi connectivity index (χ2v) is 4.37. The van der Waals surface area contributed by atoms with Gasteiger partial charge in [0.1, 0.15) is 5.76 Å². The molecule has 2 heterocycles. The molecule has 1 atom stereocenters. The highest BCUT2D eigenvalue weighted by atomic mass is 16.4. The highest BCUT2D eigenvalue weighted by molar-refractivity contribution is 5.91. The topological polar surface area (TPSA) is 75.4 Å². The van der Waals surface area contributed by atoms with Crippen molar-refractivity contribution in [1.29, 1.82) is 0 Å². The number of nitrogens with zero attached hydrogens (tertiary/aromatic N) is 1. The fourth-order valence-electron chi connectivity index (χ4n) is 1.84. The van der Waals surface area contributed by atoms with Crippen molar-refractivity contribution >= 4 is 11.7 Å². The molecule has 0 radical (unpaired) electrons. The summed E-state index contributed by atoms with van der Waals surface area (Å²) in [6.07, 6.45) is 4.78. The van der Waals surface area contributed by atoms with Gasteiger partial charge >= 0.3 is 5.97 Å². The van der Waals surface area contributed by atoms with Crippen molar-refractivity contribution in [2.24, 2.45) is 0 Å². The van der Waals surface area contributed by atoms with Crippen LogP contribution in [-0.4, -0.2) is 22.1 Å². The van der Waals surface area contributed by atoms with Crippen molar-refractivity contribution in [2.45, 2.75) is 25.8 Å². The Morgan fingerprint density at radius 1 is 1.47 bits per heavy atom. The van der Waals surface area contributed by atoms with Gasteiger partial charge in [0.05, 0.1) is 12.0 Å². The van der Waals surface area contributed by atoms with Crippen LogP contribution in [0.1, 0.15) is 29.6 Å². The first-order chi connectivity index (χ1) is 9.16. The van der Waals surface area contributed by atoms with E-state index in [-0.39, 0.29) is 11.7 Å². The van der Waals surface area contributed by atoms with Crippen LogP contribution in [0.25, 0.3) is 0 Å². The van der Waals surface area contributed by atoms with Crippen molar-refractivity contribution in [1.82, 2.24) is 4.98 Å². The minimum absolute atomic E-state index is 0.0485. The standard InChI is InChI=1S/C14H16N2O3/c1-10(6-7-11-4-3-9-19-11)16-12-5-2-8-15-13(12)14(17)18/h2-5,8-10,16H,6-7H2,1H3,(H,17,18). The molecule has 0 aliphatic rings. The summed E-state index contributed by atoms with van der Waals surface area (Å²) in [4.78, 5) is 14.9. The summed E-state index contributed by atoms with van der Waals surface area (Å²) >= 11 is 0. The van der Waals surface area contributed by atoms with Gasteiger partial charge < -0.3 is 14.8 Å². The van der Waals surface area contributed by atoms with Crippen LogP contribution in [0.4, 0.5) is 5.69 Å². The molecule has 2 aromatic rings. The van der Waals surface area contributed by atoms with Crippen LogP contribution in [0, 0.1) is 0 Å². The number of rotatable bonds is 6. The Balaban J connectivity index is 1.95. The number of carboxylic acid groups (broad SMARTS) is 1. The molecule has 0 saturated carbocycles. The fraction of sp³-hybridized carbons (Fsp3) is 0.286. The van der Waals surface area contributed by atoms with Crippen LogP contribution in [-0.2, 0) is 6.42 Å². The van der Waals surface area contributed by atoms with Crippen LogP contribution in [0.15, 0.2) is 41.1 Å². The molecule has 5 nitrogen and oxygen atoms in total. The van der Waals surface area contributed by atoms with Gasteiger partial charge in [-0.2, -0.15) is 0 Å². The maximum absolute atomic E-state index is 11.0. The highest BCUT2D eigenvalue weighted by Crippen LogP contribution is 2.15. The van der Waals surface area contributed by atoms with E-state index in [9.17, 15) is 4.79 Å². The maximum Gasteiger partial charge on any atom is 0.356 e. The number of aromatic carboxylic acids is 1. The van der Waals surface area contributed by atoms with E-state index in [1.807, 2.05) is 19.1 Å². The zero-order valence-corrected chi connectivity index (χ0v) is 10.7. The molecule has 1 unspecified atom stereocenters. The molecule has 100 valence electrons. The number of furan rings is 1. The Kier molecular flexibility index (Phi) is 4.18. The second-order valence-electron chi connectivity index (χ2n) is 4.37. The molecule has 2 rings (SSSR count). The minimum Gasteiger partial charge on any atom is -0.476 e. The lowest BCUT2D eigenvalue weighted by Gasteiger charge is -2.15. The normalized spacial score (nSPS) is 12.1. The molecule has 0 bridgehead atoms. The van der Waals surface area contributed by atoms with Gasteiger partial charge in [0, 0.05) is 18.7 Å². The predicted octanol–water partition coefficient (Wildman–Crippen LogP) is 2.81. The van der Waals surface area contributed by atoms with E-state index in [2.05, 4.69) is 10.3 Å². The second kappa shape index (κ2) is 6.04. The van der Waals surface area contributed by atoms with Gasteiger partial charge in [0.25, 0.3) is 0 Å². The molecular weight excluding hydrogens is 244 g/mol. The number of pyridine rings is 1. The third kappa shape index (κ3) is 3.58.